The van der Waals surface area contributed by atoms with E-state index in [2.05, 4.69) is 9.97 Å². The average molecular weight is 271 g/mol. The van der Waals surface area contributed by atoms with Crippen LogP contribution in [0.2, 0.25) is 0 Å². The van der Waals surface area contributed by atoms with Gasteiger partial charge in [-0.2, -0.15) is 0 Å². The lowest BCUT2D eigenvalue weighted by atomic mass is 10.2. The Balaban J connectivity index is 1.91. The molecule has 1 aromatic carbocycles. The standard InChI is InChI=1S/C14H13N3OS/c1-9-8-19-13(17-9)7-18-12-5-4-11(15)10-3-2-6-16-14(10)12/h2-6,8H,7,15H2,1H3. The van der Waals surface area contributed by atoms with Crippen molar-refractivity contribution in [2.45, 2.75) is 13.5 Å². The monoisotopic (exact) mass is 271 g/mol. The van der Waals surface area contributed by atoms with Crippen LogP contribution in [-0.4, -0.2) is 9.97 Å². The van der Waals surface area contributed by atoms with Crippen molar-refractivity contribution in [3.8, 4) is 5.75 Å². The van der Waals surface area contributed by atoms with Gasteiger partial charge in [0.15, 0.2) is 0 Å². The third-order valence-electron chi connectivity index (χ3n) is 2.78. The summed E-state index contributed by atoms with van der Waals surface area (Å²) in [6.45, 7) is 2.42. The average Bonchev–Trinajstić information content (AvgIpc) is 2.84. The molecule has 2 aromatic heterocycles. The van der Waals surface area contributed by atoms with E-state index in [1.165, 1.54) is 0 Å². The molecular weight excluding hydrogens is 258 g/mol. The van der Waals surface area contributed by atoms with Gasteiger partial charge in [0.1, 0.15) is 22.9 Å². The number of nitrogens with zero attached hydrogens (tertiary/aromatic N) is 2. The number of benzene rings is 1. The second-order valence-corrected chi connectivity index (χ2v) is 5.17. The second-order valence-electron chi connectivity index (χ2n) is 4.22. The second kappa shape index (κ2) is 4.85. The van der Waals surface area contributed by atoms with Crippen molar-refractivity contribution in [1.82, 2.24) is 9.97 Å². The number of rotatable bonds is 3. The van der Waals surface area contributed by atoms with Crippen LogP contribution in [0.15, 0.2) is 35.8 Å². The summed E-state index contributed by atoms with van der Waals surface area (Å²) in [5.41, 5.74) is 8.44. The molecule has 19 heavy (non-hydrogen) atoms. The van der Waals surface area contributed by atoms with Crippen molar-refractivity contribution in [2.75, 3.05) is 5.73 Å². The largest absolute Gasteiger partial charge is 0.484 e. The minimum Gasteiger partial charge on any atom is -0.484 e. The van der Waals surface area contributed by atoms with Gasteiger partial charge < -0.3 is 10.5 Å². The zero-order valence-corrected chi connectivity index (χ0v) is 11.3. The van der Waals surface area contributed by atoms with Crippen LogP contribution in [-0.2, 0) is 6.61 Å². The first kappa shape index (κ1) is 11.9. The molecule has 0 saturated heterocycles. The highest BCUT2D eigenvalue weighted by molar-refractivity contribution is 7.09. The quantitative estimate of drug-likeness (QED) is 0.743. The van der Waals surface area contributed by atoms with E-state index in [9.17, 15) is 0 Å². The molecule has 0 fully saturated rings. The number of ether oxygens (including phenoxy) is 1. The van der Waals surface area contributed by atoms with Crippen molar-refractivity contribution in [3.63, 3.8) is 0 Å². The fraction of sp³-hybridized carbons (Fsp3) is 0.143. The molecule has 2 N–H and O–H groups in total. The predicted molar refractivity (Wildman–Crippen MR) is 77.3 cm³/mol. The van der Waals surface area contributed by atoms with E-state index < -0.39 is 0 Å². The van der Waals surface area contributed by atoms with Gasteiger partial charge in [0.2, 0.25) is 0 Å². The van der Waals surface area contributed by atoms with Gasteiger partial charge in [-0.25, -0.2) is 4.98 Å². The van der Waals surface area contributed by atoms with Crippen molar-refractivity contribution >= 4 is 27.9 Å². The number of pyridine rings is 1. The van der Waals surface area contributed by atoms with Gasteiger partial charge in [0.05, 0.1) is 0 Å². The van der Waals surface area contributed by atoms with Gasteiger partial charge in [-0.3, -0.25) is 4.98 Å². The summed E-state index contributed by atoms with van der Waals surface area (Å²) >= 11 is 1.60. The Kier molecular flexibility index (Phi) is 3.05. The third-order valence-corrected chi connectivity index (χ3v) is 3.72. The molecule has 0 unspecified atom stereocenters. The maximum Gasteiger partial charge on any atom is 0.146 e. The topological polar surface area (TPSA) is 61.0 Å². The van der Waals surface area contributed by atoms with E-state index in [1.807, 2.05) is 36.6 Å². The maximum atomic E-state index is 5.93. The molecule has 2 heterocycles. The first-order valence-corrected chi connectivity index (χ1v) is 6.79. The lowest BCUT2D eigenvalue weighted by molar-refractivity contribution is 0.308. The van der Waals surface area contributed by atoms with Gasteiger partial charge in [-0.15, -0.1) is 11.3 Å². The first-order chi connectivity index (χ1) is 9.24. The Morgan fingerprint density at radius 2 is 2.21 bits per heavy atom. The lowest BCUT2D eigenvalue weighted by Crippen LogP contribution is -1.97. The fourth-order valence-corrected chi connectivity index (χ4v) is 2.58. The Morgan fingerprint density at radius 1 is 1.32 bits per heavy atom. The number of aryl methyl sites for hydroxylation is 1. The molecule has 0 amide bonds. The predicted octanol–water partition coefficient (Wildman–Crippen LogP) is 3.16. The van der Waals surface area contributed by atoms with E-state index in [1.54, 1.807) is 17.5 Å². The molecule has 0 aliphatic carbocycles. The normalized spacial score (nSPS) is 10.8. The Hall–Kier alpha value is -2.14. The summed E-state index contributed by atoms with van der Waals surface area (Å²) in [5.74, 6) is 0.734. The van der Waals surface area contributed by atoms with Crippen LogP contribution in [0.1, 0.15) is 10.7 Å². The highest BCUT2D eigenvalue weighted by atomic mass is 32.1. The summed E-state index contributed by atoms with van der Waals surface area (Å²) < 4.78 is 5.80. The van der Waals surface area contributed by atoms with Crippen LogP contribution in [0.25, 0.3) is 10.9 Å². The zero-order valence-electron chi connectivity index (χ0n) is 10.5. The van der Waals surface area contributed by atoms with Crippen LogP contribution >= 0.6 is 11.3 Å². The fourth-order valence-electron chi connectivity index (χ4n) is 1.89. The smallest absolute Gasteiger partial charge is 0.146 e. The van der Waals surface area contributed by atoms with E-state index in [0.717, 1.165) is 27.4 Å². The third kappa shape index (κ3) is 2.37. The molecule has 0 atom stereocenters. The summed E-state index contributed by atoms with van der Waals surface area (Å²) in [6.07, 6.45) is 1.74. The zero-order chi connectivity index (χ0) is 13.2. The van der Waals surface area contributed by atoms with Gasteiger partial charge in [0, 0.05) is 28.3 Å². The molecule has 4 nitrogen and oxygen atoms in total. The highest BCUT2D eigenvalue weighted by Gasteiger charge is 2.07. The SMILES string of the molecule is Cc1csc(COc2ccc(N)c3cccnc23)n1. The maximum absolute atomic E-state index is 5.93. The van der Waals surface area contributed by atoms with E-state index in [0.29, 0.717) is 12.3 Å². The lowest BCUT2D eigenvalue weighted by Gasteiger charge is -2.08. The van der Waals surface area contributed by atoms with E-state index in [-0.39, 0.29) is 0 Å². The molecule has 3 rings (SSSR count). The van der Waals surface area contributed by atoms with Gasteiger partial charge in [-0.1, -0.05) is 0 Å². The molecular formula is C14H13N3OS. The number of thiazole rings is 1. The Labute approximate surface area is 114 Å². The molecule has 96 valence electrons. The number of nitrogens with two attached hydrogens (primary N) is 1. The number of hydrogen-bond acceptors (Lipinski definition) is 5. The molecule has 0 radical (unpaired) electrons. The minimum atomic E-state index is 0.452. The van der Waals surface area contributed by atoms with Crippen molar-refractivity contribution in [3.05, 3.63) is 46.5 Å². The number of nitrogen functional groups attached to an aromatic ring is 1. The molecule has 0 bridgehead atoms. The molecule has 0 saturated carbocycles. The summed E-state index contributed by atoms with van der Waals surface area (Å²) in [7, 11) is 0. The van der Waals surface area contributed by atoms with Gasteiger partial charge in [0.25, 0.3) is 0 Å². The van der Waals surface area contributed by atoms with Gasteiger partial charge in [-0.05, 0) is 31.2 Å². The molecule has 0 aliphatic heterocycles. The minimum absolute atomic E-state index is 0.452. The highest BCUT2D eigenvalue weighted by Crippen LogP contribution is 2.28. The van der Waals surface area contributed by atoms with Crippen LogP contribution in [0.4, 0.5) is 5.69 Å². The van der Waals surface area contributed by atoms with E-state index >= 15 is 0 Å². The van der Waals surface area contributed by atoms with Crippen molar-refractivity contribution < 1.29 is 4.74 Å². The van der Waals surface area contributed by atoms with Crippen molar-refractivity contribution in [1.29, 1.82) is 0 Å². The molecule has 5 heteroatoms. The number of aromatic nitrogens is 2. The van der Waals surface area contributed by atoms with Crippen LogP contribution < -0.4 is 10.5 Å². The molecule has 3 aromatic rings. The Bertz CT molecular complexity index is 724. The van der Waals surface area contributed by atoms with Crippen LogP contribution in [0, 0.1) is 6.92 Å². The number of anilines is 1. The van der Waals surface area contributed by atoms with Crippen molar-refractivity contribution in [2.24, 2.45) is 0 Å². The number of fused-ring (bicyclic) bond motifs is 1. The van der Waals surface area contributed by atoms with E-state index in [4.69, 9.17) is 10.5 Å². The summed E-state index contributed by atoms with van der Waals surface area (Å²) in [5, 5.41) is 3.88. The molecule has 0 aliphatic rings. The van der Waals surface area contributed by atoms with Crippen LogP contribution in [0.3, 0.4) is 0 Å². The number of hydrogen-bond donors (Lipinski definition) is 1. The summed E-state index contributed by atoms with van der Waals surface area (Å²) in [4.78, 5) is 8.71. The molecule has 0 spiro atoms. The van der Waals surface area contributed by atoms with Crippen LogP contribution in [0.5, 0.6) is 5.75 Å². The first-order valence-electron chi connectivity index (χ1n) is 5.91. The summed E-state index contributed by atoms with van der Waals surface area (Å²) in [6, 6.07) is 7.50. The van der Waals surface area contributed by atoms with Gasteiger partial charge >= 0.3 is 0 Å². The Morgan fingerprint density at radius 3 is 3.00 bits per heavy atom.